The van der Waals surface area contributed by atoms with E-state index in [1.807, 2.05) is 0 Å². The molecule has 0 aromatic carbocycles. The van der Waals surface area contributed by atoms with Gasteiger partial charge in [-0.05, 0) is 38.5 Å². The van der Waals surface area contributed by atoms with Crippen molar-refractivity contribution in [1.29, 1.82) is 0 Å². The van der Waals surface area contributed by atoms with E-state index in [0.717, 1.165) is 44.9 Å². The molecule has 1 fully saturated rings. The molecule has 4 N–H and O–H groups in total. The van der Waals surface area contributed by atoms with E-state index in [9.17, 15) is 30.0 Å². The zero-order valence-corrected chi connectivity index (χ0v) is 37.3. The van der Waals surface area contributed by atoms with Crippen LogP contribution in [0, 0.1) is 0 Å². The fourth-order valence-electron chi connectivity index (χ4n) is 7.54. The molecule has 1 aliphatic rings. The predicted molar refractivity (Wildman–Crippen MR) is 233 cm³/mol. The number of carbonyl (C=O) groups excluding carboxylic acids is 2. The Labute approximate surface area is 354 Å². The van der Waals surface area contributed by atoms with E-state index in [1.54, 1.807) is 0 Å². The van der Waals surface area contributed by atoms with Gasteiger partial charge >= 0.3 is 11.9 Å². The maximum Gasteiger partial charge on any atom is 0.306 e. The number of hydrogen-bond donors (Lipinski definition) is 4. The number of aliphatic hydroxyl groups is 4. The van der Waals surface area contributed by atoms with Gasteiger partial charge in [0, 0.05) is 12.8 Å². The lowest BCUT2D eigenvalue weighted by Gasteiger charge is -2.39. The van der Waals surface area contributed by atoms with E-state index in [1.165, 1.54) is 148 Å². The van der Waals surface area contributed by atoms with E-state index in [-0.39, 0.29) is 32.0 Å². The highest BCUT2D eigenvalue weighted by Crippen LogP contribution is 2.23. The summed E-state index contributed by atoms with van der Waals surface area (Å²) < 4.78 is 22.2. The van der Waals surface area contributed by atoms with Crippen LogP contribution in [0.5, 0.6) is 0 Å². The molecule has 342 valence electrons. The van der Waals surface area contributed by atoms with Crippen molar-refractivity contribution in [3.05, 3.63) is 12.2 Å². The van der Waals surface area contributed by atoms with Crippen LogP contribution < -0.4 is 0 Å². The van der Waals surface area contributed by atoms with Crippen molar-refractivity contribution in [3.8, 4) is 0 Å². The quantitative estimate of drug-likeness (QED) is 0.0266. The van der Waals surface area contributed by atoms with Crippen LogP contribution in [-0.4, -0.2) is 89.0 Å². The third-order valence-electron chi connectivity index (χ3n) is 11.4. The molecule has 6 atom stereocenters. The van der Waals surface area contributed by atoms with E-state index >= 15 is 0 Å². The minimum atomic E-state index is -1.59. The normalized spacial score (nSPS) is 20.1. The molecule has 1 saturated heterocycles. The summed E-state index contributed by atoms with van der Waals surface area (Å²) in [6.45, 7) is 3.44. The monoisotopic (exact) mass is 827 g/mol. The topological polar surface area (TPSA) is 152 Å². The van der Waals surface area contributed by atoms with Gasteiger partial charge in [-0.25, -0.2) is 0 Å². The molecule has 1 heterocycles. The molecule has 0 radical (unpaired) electrons. The first-order valence-corrected chi connectivity index (χ1v) is 24.3. The lowest BCUT2D eigenvalue weighted by atomic mass is 9.99. The number of esters is 2. The van der Waals surface area contributed by atoms with Gasteiger partial charge in [-0.3, -0.25) is 9.59 Å². The summed E-state index contributed by atoms with van der Waals surface area (Å²) in [6.07, 6.45) is 35.0. The molecule has 1 aliphatic heterocycles. The number of aliphatic hydroxyl groups excluding tert-OH is 4. The summed E-state index contributed by atoms with van der Waals surface area (Å²) in [5, 5.41) is 40.1. The van der Waals surface area contributed by atoms with Gasteiger partial charge in [0.05, 0.1) is 13.2 Å². The van der Waals surface area contributed by atoms with Crippen LogP contribution in [0.15, 0.2) is 12.2 Å². The Morgan fingerprint density at radius 1 is 0.517 bits per heavy atom. The first kappa shape index (κ1) is 54.5. The summed E-state index contributed by atoms with van der Waals surface area (Å²) in [7, 11) is 0. The number of allylic oxidation sites excluding steroid dienone is 2. The number of hydrogen-bond acceptors (Lipinski definition) is 10. The molecule has 10 nitrogen and oxygen atoms in total. The Kier molecular flexibility index (Phi) is 37.2. The zero-order valence-electron chi connectivity index (χ0n) is 37.3. The largest absolute Gasteiger partial charge is 0.462 e. The Morgan fingerprint density at radius 2 is 0.914 bits per heavy atom. The van der Waals surface area contributed by atoms with Gasteiger partial charge < -0.3 is 39.4 Å². The molecule has 0 amide bonds. The maximum atomic E-state index is 12.8. The number of unbranched alkanes of at least 4 members (excludes halogenated alkanes) is 28. The van der Waals surface area contributed by atoms with Gasteiger partial charge in [-0.1, -0.05) is 187 Å². The second-order valence-corrected chi connectivity index (χ2v) is 16.9. The molecule has 58 heavy (non-hydrogen) atoms. The number of carbonyl (C=O) groups is 2. The molecule has 1 rings (SSSR count). The highest BCUT2D eigenvalue weighted by atomic mass is 16.7. The highest BCUT2D eigenvalue weighted by molar-refractivity contribution is 5.70. The Morgan fingerprint density at radius 3 is 1.36 bits per heavy atom. The Hall–Kier alpha value is -1.56. The summed E-state index contributed by atoms with van der Waals surface area (Å²) in [6, 6.07) is 0. The van der Waals surface area contributed by atoms with E-state index < -0.39 is 49.4 Å². The first-order valence-electron chi connectivity index (χ1n) is 24.3. The number of ether oxygens (including phenoxy) is 4. The molecular weight excluding hydrogens is 737 g/mol. The van der Waals surface area contributed by atoms with Gasteiger partial charge in [0.25, 0.3) is 0 Å². The molecule has 0 aromatic heterocycles. The summed E-state index contributed by atoms with van der Waals surface area (Å²) in [5.74, 6) is -0.812. The lowest BCUT2D eigenvalue weighted by Crippen LogP contribution is -2.59. The molecule has 10 heteroatoms. The molecule has 0 aliphatic carbocycles. The maximum absolute atomic E-state index is 12.8. The minimum Gasteiger partial charge on any atom is -0.462 e. The van der Waals surface area contributed by atoms with E-state index in [0.29, 0.717) is 6.42 Å². The molecule has 2 unspecified atom stereocenters. The van der Waals surface area contributed by atoms with Crippen molar-refractivity contribution in [2.75, 3.05) is 19.8 Å². The predicted octanol–water partition coefficient (Wildman–Crippen LogP) is 10.7. The molecule has 0 saturated carbocycles. The van der Waals surface area contributed by atoms with Gasteiger partial charge in [0.2, 0.25) is 0 Å². The lowest BCUT2D eigenvalue weighted by molar-refractivity contribution is -0.305. The SMILES string of the molecule is CCCCCCCCCC/C=C/CCCCCC(=O)O[C@@H](COC(=O)CCCCCCCCCCCCCCCCCCCC)CO[C@H]1O[C@@H](CO)[C@@H](O)C(O)C1O. The highest BCUT2D eigenvalue weighted by Gasteiger charge is 2.44. The molecule has 0 bridgehead atoms. The molecule has 0 aromatic rings. The van der Waals surface area contributed by atoms with Gasteiger partial charge in [-0.2, -0.15) is 0 Å². The average molecular weight is 827 g/mol. The summed E-state index contributed by atoms with van der Waals surface area (Å²) >= 11 is 0. The van der Waals surface area contributed by atoms with Crippen LogP contribution in [0.2, 0.25) is 0 Å². The zero-order chi connectivity index (χ0) is 42.3. The minimum absolute atomic E-state index is 0.214. The Balaban J connectivity index is 2.28. The molecule has 0 spiro atoms. The fourth-order valence-corrected chi connectivity index (χ4v) is 7.54. The van der Waals surface area contributed by atoms with Crippen molar-refractivity contribution in [2.24, 2.45) is 0 Å². The van der Waals surface area contributed by atoms with Crippen LogP contribution in [0.1, 0.15) is 226 Å². The third kappa shape index (κ3) is 30.5. The summed E-state index contributed by atoms with van der Waals surface area (Å²) in [5.41, 5.74) is 0. The van der Waals surface area contributed by atoms with Crippen molar-refractivity contribution in [2.45, 2.75) is 263 Å². The second kappa shape index (κ2) is 39.6. The van der Waals surface area contributed by atoms with Crippen molar-refractivity contribution < 1.29 is 49.0 Å². The van der Waals surface area contributed by atoms with Gasteiger partial charge in [-0.15, -0.1) is 0 Å². The van der Waals surface area contributed by atoms with E-state index in [2.05, 4.69) is 26.0 Å². The van der Waals surface area contributed by atoms with Gasteiger partial charge in [0.15, 0.2) is 12.4 Å². The van der Waals surface area contributed by atoms with Gasteiger partial charge in [0.1, 0.15) is 31.0 Å². The second-order valence-electron chi connectivity index (χ2n) is 16.9. The van der Waals surface area contributed by atoms with Crippen LogP contribution in [0.25, 0.3) is 0 Å². The summed E-state index contributed by atoms with van der Waals surface area (Å²) in [4.78, 5) is 25.4. The van der Waals surface area contributed by atoms with Crippen LogP contribution in [0.4, 0.5) is 0 Å². The fraction of sp³-hybridized carbons (Fsp3) is 0.917. The standard InChI is InChI=1S/C48H90O10/c1-3-5-7-9-11-13-15-17-19-20-21-23-24-26-28-30-32-34-36-43(50)55-39-41(40-56-48-47(54)46(53)45(52)42(38-49)58-48)57-44(51)37-35-33-31-29-27-25-22-18-16-14-12-10-8-6-4-2/h25,27,41-42,45-49,52-54H,3-24,26,28-40H2,1-2H3/b27-25+/t41-,42-,45+,46?,47?,48-/m0/s1. The Bertz CT molecular complexity index is 959. The van der Waals surface area contributed by atoms with Crippen LogP contribution in [0.3, 0.4) is 0 Å². The van der Waals surface area contributed by atoms with E-state index in [4.69, 9.17) is 18.9 Å². The average Bonchev–Trinajstić information content (AvgIpc) is 3.22. The van der Waals surface area contributed by atoms with Crippen molar-refractivity contribution >= 4 is 11.9 Å². The smallest absolute Gasteiger partial charge is 0.306 e. The van der Waals surface area contributed by atoms with Crippen LogP contribution >= 0.6 is 0 Å². The van der Waals surface area contributed by atoms with Crippen molar-refractivity contribution in [1.82, 2.24) is 0 Å². The first-order chi connectivity index (χ1) is 28.3. The van der Waals surface area contributed by atoms with Crippen LogP contribution in [-0.2, 0) is 28.5 Å². The molecular formula is C48H90O10. The number of rotatable bonds is 41. The third-order valence-corrected chi connectivity index (χ3v) is 11.4. The van der Waals surface area contributed by atoms with Crippen molar-refractivity contribution in [3.63, 3.8) is 0 Å².